The van der Waals surface area contributed by atoms with Gasteiger partial charge in [0.25, 0.3) is 0 Å². The normalized spacial score (nSPS) is 12.3. The van der Waals surface area contributed by atoms with Gasteiger partial charge in [0, 0.05) is 42.7 Å². The average molecular weight is 555 g/mol. The molecule has 0 saturated carbocycles. The number of hydrogen-bond donors (Lipinski definition) is 0. The first kappa shape index (κ1) is 22.3. The minimum Gasteiger partial charge on any atom is -0.309 e. The molecular weight excluding hydrogens is 533 g/mol. The molecule has 0 atom stereocenters. The third-order valence-corrected chi connectivity index (χ3v) is 9.82. The Labute approximate surface area is 243 Å². The topological polar surface area (TPSA) is 27.2 Å². The number of pyridine rings is 1. The van der Waals surface area contributed by atoms with Crippen molar-refractivity contribution in [2.75, 3.05) is 0 Å². The van der Waals surface area contributed by atoms with Crippen LogP contribution in [0.15, 0.2) is 134 Å². The molecule has 10 aromatic rings. The van der Waals surface area contributed by atoms with Gasteiger partial charge in [0.05, 0.1) is 39.5 Å². The second-order valence-corrected chi connectivity index (χ2v) is 11.9. The Morgan fingerprint density at radius 3 is 2.12 bits per heavy atom. The van der Waals surface area contributed by atoms with Crippen LogP contribution in [0.4, 0.5) is 0 Å². The van der Waals surface area contributed by atoms with Crippen LogP contribution in [0.5, 0.6) is 0 Å². The molecule has 0 unspecified atom stereocenters. The maximum Gasteiger partial charge on any atom is 0.109 e. The van der Waals surface area contributed by atoms with E-state index in [0.29, 0.717) is 0 Å². The molecule has 0 fully saturated rings. The fraction of sp³-hybridized carbons (Fsp3) is 0. The number of para-hydroxylation sites is 2. The zero-order valence-corrected chi connectivity index (χ0v) is 23.2. The van der Waals surface area contributed by atoms with Gasteiger partial charge in [-0.25, -0.2) is 4.52 Å². The zero-order chi connectivity index (χ0) is 27.4. The molecule has 0 saturated heterocycles. The van der Waals surface area contributed by atoms with Gasteiger partial charge in [-0.2, -0.15) is 5.10 Å². The van der Waals surface area contributed by atoms with Crippen molar-refractivity contribution in [3.63, 3.8) is 0 Å². The molecule has 0 amide bonds. The van der Waals surface area contributed by atoms with Crippen molar-refractivity contribution in [2.24, 2.45) is 0 Å². The molecule has 5 heterocycles. The van der Waals surface area contributed by atoms with Gasteiger partial charge < -0.3 is 4.57 Å². The summed E-state index contributed by atoms with van der Waals surface area (Å²) in [5, 5.41) is 12.5. The van der Waals surface area contributed by atoms with Gasteiger partial charge in [-0.05, 0) is 48.5 Å². The van der Waals surface area contributed by atoms with E-state index in [1.165, 1.54) is 64.1 Å². The smallest absolute Gasteiger partial charge is 0.109 e. The predicted molar refractivity (Wildman–Crippen MR) is 177 cm³/mol. The fourth-order valence-corrected chi connectivity index (χ4v) is 8.17. The molecule has 4 nitrogen and oxygen atoms in total. The van der Waals surface area contributed by atoms with E-state index in [1.807, 2.05) is 21.9 Å². The van der Waals surface area contributed by atoms with E-state index in [4.69, 9.17) is 5.10 Å². The molecule has 42 heavy (non-hydrogen) atoms. The molecule has 10 rings (SSSR count). The zero-order valence-electron chi connectivity index (χ0n) is 22.4. The highest BCUT2D eigenvalue weighted by Gasteiger charge is 2.23. The van der Waals surface area contributed by atoms with Crippen LogP contribution in [-0.4, -0.2) is 18.7 Å². The Balaban J connectivity index is 1.42. The van der Waals surface area contributed by atoms with Crippen LogP contribution >= 0.6 is 11.3 Å². The number of thiophene rings is 1. The number of benzene rings is 5. The van der Waals surface area contributed by atoms with Gasteiger partial charge >= 0.3 is 0 Å². The van der Waals surface area contributed by atoms with Crippen LogP contribution in [0, 0.1) is 0 Å². The van der Waals surface area contributed by atoms with Gasteiger partial charge in [0.15, 0.2) is 0 Å². The van der Waals surface area contributed by atoms with E-state index in [1.54, 1.807) is 0 Å². The molecule has 5 aromatic heterocycles. The molecule has 0 radical (unpaired) electrons. The quantitative estimate of drug-likeness (QED) is 0.209. The summed E-state index contributed by atoms with van der Waals surface area (Å²) < 4.78 is 8.22. The lowest BCUT2D eigenvalue weighted by atomic mass is 10.1. The second kappa shape index (κ2) is 8.09. The van der Waals surface area contributed by atoms with Crippen molar-refractivity contribution < 1.29 is 0 Å². The lowest BCUT2D eigenvalue weighted by Gasteiger charge is -2.10. The Kier molecular flexibility index (Phi) is 4.30. The first-order valence-electron chi connectivity index (χ1n) is 14.2. The minimum absolute atomic E-state index is 1.01. The first-order chi connectivity index (χ1) is 20.8. The number of aromatic nitrogens is 4. The molecule has 0 N–H and O–H groups in total. The fourth-order valence-electron chi connectivity index (χ4n) is 6.92. The minimum atomic E-state index is 1.01. The average Bonchev–Trinajstić information content (AvgIpc) is 3.77. The van der Waals surface area contributed by atoms with E-state index >= 15 is 0 Å². The highest BCUT2D eigenvalue weighted by atomic mass is 32.1. The van der Waals surface area contributed by atoms with E-state index in [-0.39, 0.29) is 0 Å². The standard InChI is InChI=1S/C37H22N4S/c1-2-10-23(11-3-1)40-31-16-8-5-12-25(31)26-19-21-32-35(36(26)40)34-28-14-6-9-17-33(28)42-37(34)41(32)24-18-20-30-27-13-4-7-15-29(27)38-39(30)22-24/h1-22H. The third kappa shape index (κ3) is 2.83. The molecular formula is C37H22N4S. The maximum absolute atomic E-state index is 4.92. The highest BCUT2D eigenvalue weighted by Crippen LogP contribution is 2.47. The van der Waals surface area contributed by atoms with Gasteiger partial charge in [-0.1, -0.05) is 78.9 Å². The predicted octanol–water partition coefficient (Wildman–Crippen LogP) is 9.90. The van der Waals surface area contributed by atoms with Crippen molar-refractivity contribution in [3.8, 4) is 11.4 Å². The van der Waals surface area contributed by atoms with Gasteiger partial charge in [-0.15, -0.1) is 11.3 Å². The van der Waals surface area contributed by atoms with Crippen molar-refractivity contribution in [1.29, 1.82) is 0 Å². The molecule has 0 aliphatic carbocycles. The summed E-state index contributed by atoms with van der Waals surface area (Å²) in [6.45, 7) is 0. The summed E-state index contributed by atoms with van der Waals surface area (Å²) in [6.07, 6.45) is 2.18. The lowest BCUT2D eigenvalue weighted by Crippen LogP contribution is -1.97. The summed E-state index contributed by atoms with van der Waals surface area (Å²) in [5.74, 6) is 0. The van der Waals surface area contributed by atoms with Crippen LogP contribution in [0.25, 0.3) is 80.8 Å². The van der Waals surface area contributed by atoms with Crippen LogP contribution in [-0.2, 0) is 0 Å². The maximum atomic E-state index is 4.92. The van der Waals surface area contributed by atoms with Gasteiger partial charge in [0.1, 0.15) is 4.83 Å². The summed E-state index contributed by atoms with van der Waals surface area (Å²) in [4.78, 5) is 1.25. The van der Waals surface area contributed by atoms with Gasteiger partial charge in [0.2, 0.25) is 0 Å². The van der Waals surface area contributed by atoms with Crippen molar-refractivity contribution >= 4 is 80.8 Å². The molecule has 5 aromatic carbocycles. The van der Waals surface area contributed by atoms with E-state index in [9.17, 15) is 0 Å². The first-order valence-corrected chi connectivity index (χ1v) is 15.0. The van der Waals surface area contributed by atoms with Crippen LogP contribution in [0.2, 0.25) is 0 Å². The van der Waals surface area contributed by atoms with Crippen LogP contribution < -0.4 is 0 Å². The lowest BCUT2D eigenvalue weighted by molar-refractivity contribution is 0.964. The Morgan fingerprint density at radius 2 is 1.21 bits per heavy atom. The Hall–Kier alpha value is -5.39. The van der Waals surface area contributed by atoms with Crippen molar-refractivity contribution in [3.05, 3.63) is 134 Å². The third-order valence-electron chi connectivity index (χ3n) is 8.67. The largest absolute Gasteiger partial charge is 0.309 e. The van der Waals surface area contributed by atoms with E-state index in [0.717, 1.165) is 16.7 Å². The molecule has 0 aliphatic heterocycles. The SMILES string of the molecule is c1ccc(-n2c3ccccc3c3ccc4c(c5c6ccccc6sc5n4-c4ccc5c6ccccc6nn5c4)c32)cc1. The number of nitrogens with zero attached hydrogens (tertiary/aromatic N) is 4. The number of rotatable bonds is 2. The van der Waals surface area contributed by atoms with Crippen LogP contribution in [0.1, 0.15) is 0 Å². The second-order valence-electron chi connectivity index (χ2n) is 10.9. The summed E-state index contributed by atoms with van der Waals surface area (Å²) in [6, 6.07) is 45.8. The van der Waals surface area contributed by atoms with Crippen molar-refractivity contribution in [2.45, 2.75) is 0 Å². The molecule has 5 heteroatoms. The monoisotopic (exact) mass is 554 g/mol. The van der Waals surface area contributed by atoms with Crippen molar-refractivity contribution in [1.82, 2.24) is 18.7 Å². The van der Waals surface area contributed by atoms with E-state index in [2.05, 4.69) is 137 Å². The number of fused-ring (bicyclic) bond motifs is 12. The summed E-state index contributed by atoms with van der Waals surface area (Å²) >= 11 is 1.86. The van der Waals surface area contributed by atoms with E-state index < -0.39 is 0 Å². The Bertz CT molecular complexity index is 2680. The van der Waals surface area contributed by atoms with Crippen LogP contribution in [0.3, 0.4) is 0 Å². The Morgan fingerprint density at radius 1 is 0.476 bits per heavy atom. The summed E-state index contributed by atoms with van der Waals surface area (Å²) in [7, 11) is 0. The molecule has 196 valence electrons. The molecule has 0 bridgehead atoms. The number of hydrogen-bond acceptors (Lipinski definition) is 2. The van der Waals surface area contributed by atoms with Gasteiger partial charge in [-0.3, -0.25) is 4.57 Å². The molecule has 0 spiro atoms. The highest BCUT2D eigenvalue weighted by molar-refractivity contribution is 7.25. The molecule has 0 aliphatic rings. The summed E-state index contributed by atoms with van der Waals surface area (Å²) in [5.41, 5.74) is 8.06.